The van der Waals surface area contributed by atoms with Gasteiger partial charge in [0.1, 0.15) is 0 Å². The van der Waals surface area contributed by atoms with E-state index in [1.165, 1.54) is 8.61 Å². The second-order valence-electron chi connectivity index (χ2n) is 8.20. The molecule has 1 unspecified atom stereocenters. The fourth-order valence-electron chi connectivity index (χ4n) is 3.90. The molecule has 1 fully saturated rings. The maximum atomic E-state index is 13.7. The van der Waals surface area contributed by atoms with Crippen molar-refractivity contribution < 1.29 is 16.8 Å². The third-order valence-electron chi connectivity index (χ3n) is 5.84. The standard InChI is InChI=1S/C24H25ClN2O4S2/c1-18-3-11-22(12-4-18)32(28,29)26-16-15-24(20-7-9-21(25)10-8-20)27(17-26)33(30,31)23-13-5-19(2)6-14-23/h3-14,24H,15-17H2,1-2H3. The van der Waals surface area contributed by atoms with Gasteiger partial charge in [-0.15, -0.1) is 0 Å². The molecule has 0 radical (unpaired) electrons. The molecule has 1 aliphatic heterocycles. The van der Waals surface area contributed by atoms with E-state index < -0.39 is 26.1 Å². The molecule has 33 heavy (non-hydrogen) atoms. The highest BCUT2D eigenvalue weighted by Gasteiger charge is 2.41. The molecule has 9 heteroatoms. The summed E-state index contributed by atoms with van der Waals surface area (Å²) in [5.74, 6) is 0. The smallest absolute Gasteiger partial charge is 0.207 e. The monoisotopic (exact) mass is 504 g/mol. The zero-order chi connectivity index (χ0) is 23.8. The van der Waals surface area contributed by atoms with Crippen molar-refractivity contribution in [2.45, 2.75) is 36.1 Å². The maximum absolute atomic E-state index is 13.7. The summed E-state index contributed by atoms with van der Waals surface area (Å²) in [5, 5.41) is 0.547. The Labute approximate surface area is 200 Å². The summed E-state index contributed by atoms with van der Waals surface area (Å²) in [7, 11) is -7.84. The molecule has 0 saturated carbocycles. The number of sulfonamides is 2. The molecule has 1 aliphatic rings. The van der Waals surface area contributed by atoms with Crippen LogP contribution in [0.1, 0.15) is 29.2 Å². The van der Waals surface area contributed by atoms with Crippen LogP contribution in [0.2, 0.25) is 5.02 Å². The van der Waals surface area contributed by atoms with Gasteiger partial charge < -0.3 is 0 Å². The minimum atomic E-state index is -3.97. The highest BCUT2D eigenvalue weighted by atomic mass is 35.5. The number of benzene rings is 3. The van der Waals surface area contributed by atoms with Gasteiger partial charge in [-0.3, -0.25) is 0 Å². The quantitative estimate of drug-likeness (QED) is 0.503. The van der Waals surface area contributed by atoms with E-state index in [1.807, 2.05) is 13.8 Å². The molecule has 6 nitrogen and oxygen atoms in total. The van der Waals surface area contributed by atoms with Crippen LogP contribution in [-0.2, 0) is 20.0 Å². The second kappa shape index (κ2) is 9.19. The lowest BCUT2D eigenvalue weighted by Gasteiger charge is -2.40. The highest BCUT2D eigenvalue weighted by Crippen LogP contribution is 2.36. The third-order valence-corrected chi connectivity index (χ3v) is 9.79. The minimum absolute atomic E-state index is 0.127. The van der Waals surface area contributed by atoms with Crippen LogP contribution in [0.25, 0.3) is 0 Å². The van der Waals surface area contributed by atoms with Crippen molar-refractivity contribution in [3.63, 3.8) is 0 Å². The van der Waals surface area contributed by atoms with E-state index in [0.717, 1.165) is 16.7 Å². The van der Waals surface area contributed by atoms with Crippen molar-refractivity contribution >= 4 is 31.6 Å². The van der Waals surface area contributed by atoms with Crippen LogP contribution in [0, 0.1) is 13.8 Å². The number of halogens is 1. The molecule has 1 heterocycles. The SMILES string of the molecule is Cc1ccc(S(=O)(=O)N2CCC(c3ccc(Cl)cc3)N(S(=O)(=O)c3ccc(C)cc3)C2)cc1. The minimum Gasteiger partial charge on any atom is -0.207 e. The average molecular weight is 505 g/mol. The Morgan fingerprint density at radius 1 is 0.727 bits per heavy atom. The summed E-state index contributed by atoms with van der Waals surface area (Å²) in [6.45, 7) is 3.68. The average Bonchev–Trinajstić information content (AvgIpc) is 2.80. The zero-order valence-electron chi connectivity index (χ0n) is 18.3. The number of rotatable bonds is 5. The van der Waals surface area contributed by atoms with Gasteiger partial charge in [0, 0.05) is 11.6 Å². The normalized spacial score (nSPS) is 18.3. The van der Waals surface area contributed by atoms with Crippen LogP contribution < -0.4 is 0 Å². The van der Waals surface area contributed by atoms with Crippen molar-refractivity contribution in [2.24, 2.45) is 0 Å². The lowest BCUT2D eigenvalue weighted by molar-refractivity contribution is 0.170. The molecule has 0 aliphatic carbocycles. The first-order valence-corrected chi connectivity index (χ1v) is 13.8. The van der Waals surface area contributed by atoms with E-state index >= 15 is 0 Å². The van der Waals surface area contributed by atoms with Gasteiger partial charge in [0.15, 0.2) is 0 Å². The Hall–Kier alpha value is -2.23. The maximum Gasteiger partial charge on any atom is 0.244 e. The van der Waals surface area contributed by atoms with Crippen LogP contribution in [0.15, 0.2) is 82.6 Å². The fraction of sp³-hybridized carbons (Fsp3) is 0.250. The molecule has 3 aromatic rings. The van der Waals surface area contributed by atoms with Crippen molar-refractivity contribution in [2.75, 3.05) is 13.2 Å². The summed E-state index contributed by atoms with van der Waals surface area (Å²) in [4.78, 5) is 0.271. The summed E-state index contributed by atoms with van der Waals surface area (Å²) in [6.07, 6.45) is 0.317. The molecule has 4 rings (SSSR count). The highest BCUT2D eigenvalue weighted by molar-refractivity contribution is 7.90. The summed E-state index contributed by atoms with van der Waals surface area (Å²) in [6, 6.07) is 19.6. The van der Waals surface area contributed by atoms with Gasteiger partial charge in [-0.2, -0.15) is 8.61 Å². The van der Waals surface area contributed by atoms with Crippen LogP contribution in [0.3, 0.4) is 0 Å². The summed E-state index contributed by atoms with van der Waals surface area (Å²) >= 11 is 6.03. The molecule has 174 valence electrons. The van der Waals surface area contributed by atoms with E-state index in [4.69, 9.17) is 11.6 Å². The van der Waals surface area contributed by atoms with E-state index in [2.05, 4.69) is 0 Å². The molecular weight excluding hydrogens is 480 g/mol. The first kappa shape index (κ1) is 23.9. The van der Waals surface area contributed by atoms with Crippen molar-refractivity contribution in [1.82, 2.24) is 8.61 Å². The Morgan fingerprint density at radius 3 is 1.73 bits per heavy atom. The van der Waals surface area contributed by atoms with Crippen molar-refractivity contribution in [1.29, 1.82) is 0 Å². The Kier molecular flexibility index (Phi) is 6.66. The Bertz CT molecular complexity index is 1340. The summed E-state index contributed by atoms with van der Waals surface area (Å²) in [5.41, 5.74) is 2.65. The number of hydrogen-bond acceptors (Lipinski definition) is 4. The third kappa shape index (κ3) is 4.85. The first-order valence-electron chi connectivity index (χ1n) is 10.5. The first-order chi connectivity index (χ1) is 15.6. The molecule has 0 amide bonds. The number of nitrogens with zero attached hydrogens (tertiary/aromatic N) is 2. The van der Waals surface area contributed by atoms with Crippen LogP contribution in [0.5, 0.6) is 0 Å². The number of aryl methyl sites for hydroxylation is 2. The van der Waals surface area contributed by atoms with Gasteiger partial charge in [-0.1, -0.05) is 59.1 Å². The van der Waals surface area contributed by atoms with Crippen molar-refractivity contribution in [3.05, 3.63) is 94.5 Å². The van der Waals surface area contributed by atoms with Gasteiger partial charge in [0.05, 0.1) is 22.5 Å². The van der Waals surface area contributed by atoms with Crippen molar-refractivity contribution in [3.8, 4) is 0 Å². The van der Waals surface area contributed by atoms with Gasteiger partial charge in [-0.05, 0) is 62.2 Å². The lowest BCUT2D eigenvalue weighted by Crippen LogP contribution is -2.50. The lowest BCUT2D eigenvalue weighted by atomic mass is 10.0. The Balaban J connectivity index is 1.75. The van der Waals surface area contributed by atoms with E-state index in [-0.39, 0.29) is 23.0 Å². The largest absolute Gasteiger partial charge is 0.244 e. The molecule has 0 bridgehead atoms. The predicted octanol–water partition coefficient (Wildman–Crippen LogP) is 4.74. The molecule has 0 spiro atoms. The Morgan fingerprint density at radius 2 is 1.21 bits per heavy atom. The van der Waals surface area contributed by atoms with Crippen LogP contribution in [-0.4, -0.2) is 38.7 Å². The van der Waals surface area contributed by atoms with Gasteiger partial charge in [-0.25, -0.2) is 16.8 Å². The molecule has 0 aromatic heterocycles. The van der Waals surface area contributed by atoms with Gasteiger partial charge in [0.25, 0.3) is 0 Å². The zero-order valence-corrected chi connectivity index (χ0v) is 20.7. The molecule has 0 N–H and O–H groups in total. The van der Waals surface area contributed by atoms with E-state index in [1.54, 1.807) is 72.8 Å². The molecule has 1 atom stereocenters. The van der Waals surface area contributed by atoms with Crippen LogP contribution >= 0.6 is 11.6 Å². The fourth-order valence-corrected chi connectivity index (χ4v) is 7.10. The molecule has 3 aromatic carbocycles. The number of hydrogen-bond donors (Lipinski definition) is 0. The van der Waals surface area contributed by atoms with Gasteiger partial charge >= 0.3 is 0 Å². The van der Waals surface area contributed by atoms with E-state index in [9.17, 15) is 16.8 Å². The molecular formula is C24H25ClN2O4S2. The van der Waals surface area contributed by atoms with Crippen LogP contribution in [0.4, 0.5) is 0 Å². The summed E-state index contributed by atoms with van der Waals surface area (Å²) < 4.78 is 56.5. The van der Waals surface area contributed by atoms with Gasteiger partial charge in [0.2, 0.25) is 20.0 Å². The molecule has 1 saturated heterocycles. The topological polar surface area (TPSA) is 74.8 Å². The second-order valence-corrected chi connectivity index (χ2v) is 12.5. The van der Waals surface area contributed by atoms with E-state index in [0.29, 0.717) is 11.4 Å². The predicted molar refractivity (Wildman–Crippen MR) is 129 cm³/mol.